The highest BCUT2D eigenvalue weighted by Crippen LogP contribution is 1.83. The standard InChI is InChI=1S/C10H18N2O5/c1-3-16-9(14)5-6-11-7-8(13)12-10(15)17-4-2/h11H,3-7H2,1-2H3,(H,12,13,15). The number of imide groups is 1. The first-order valence-electron chi connectivity index (χ1n) is 5.43. The second-order valence-corrected chi connectivity index (χ2v) is 3.00. The lowest BCUT2D eigenvalue weighted by Gasteiger charge is -2.05. The number of hydrogen-bond acceptors (Lipinski definition) is 6. The lowest BCUT2D eigenvalue weighted by atomic mass is 10.4. The summed E-state index contributed by atoms with van der Waals surface area (Å²) in [6.45, 7) is 4.16. The number of carbonyl (C=O) groups is 3. The Kier molecular flexibility index (Phi) is 8.67. The Morgan fingerprint density at radius 3 is 2.29 bits per heavy atom. The fraction of sp³-hybridized carbons (Fsp3) is 0.700. The van der Waals surface area contributed by atoms with E-state index in [2.05, 4.69) is 10.1 Å². The molecule has 0 aromatic heterocycles. The normalized spacial score (nSPS) is 9.53. The van der Waals surface area contributed by atoms with Gasteiger partial charge in [-0.25, -0.2) is 4.79 Å². The number of rotatable bonds is 7. The van der Waals surface area contributed by atoms with Crippen LogP contribution in [-0.4, -0.2) is 44.3 Å². The highest BCUT2D eigenvalue weighted by atomic mass is 16.5. The molecule has 0 aliphatic rings. The Morgan fingerprint density at radius 2 is 1.71 bits per heavy atom. The molecule has 7 heteroatoms. The first-order chi connectivity index (χ1) is 8.10. The van der Waals surface area contributed by atoms with Gasteiger partial charge in [0.25, 0.3) is 0 Å². The van der Waals surface area contributed by atoms with Crippen LogP contribution in [0.25, 0.3) is 0 Å². The molecule has 0 unspecified atom stereocenters. The van der Waals surface area contributed by atoms with E-state index in [0.29, 0.717) is 13.2 Å². The molecular formula is C10H18N2O5. The monoisotopic (exact) mass is 246 g/mol. The van der Waals surface area contributed by atoms with Gasteiger partial charge < -0.3 is 14.8 Å². The third-order valence-corrected chi connectivity index (χ3v) is 1.61. The first kappa shape index (κ1) is 15.4. The number of ether oxygens (including phenoxy) is 2. The quantitative estimate of drug-likeness (QED) is 0.477. The summed E-state index contributed by atoms with van der Waals surface area (Å²) in [5.74, 6) is -0.835. The second kappa shape index (κ2) is 9.59. The molecule has 0 radical (unpaired) electrons. The molecule has 0 aliphatic heterocycles. The molecular weight excluding hydrogens is 228 g/mol. The van der Waals surface area contributed by atoms with Crippen LogP contribution in [0, 0.1) is 0 Å². The van der Waals surface area contributed by atoms with Crippen molar-refractivity contribution in [2.75, 3.05) is 26.3 Å². The Bertz CT molecular complexity index is 267. The van der Waals surface area contributed by atoms with Crippen molar-refractivity contribution < 1.29 is 23.9 Å². The summed E-state index contributed by atoms with van der Waals surface area (Å²) in [6, 6.07) is 0. The second-order valence-electron chi connectivity index (χ2n) is 3.00. The number of carbonyl (C=O) groups excluding carboxylic acids is 3. The topological polar surface area (TPSA) is 93.7 Å². The van der Waals surface area contributed by atoms with Gasteiger partial charge in [0.1, 0.15) is 0 Å². The van der Waals surface area contributed by atoms with Crippen LogP contribution in [0.2, 0.25) is 0 Å². The van der Waals surface area contributed by atoms with Crippen LogP contribution in [0.5, 0.6) is 0 Å². The molecule has 17 heavy (non-hydrogen) atoms. The van der Waals surface area contributed by atoms with Gasteiger partial charge in [-0.05, 0) is 13.8 Å². The van der Waals surface area contributed by atoms with Gasteiger partial charge in [0.15, 0.2) is 0 Å². The zero-order valence-electron chi connectivity index (χ0n) is 10.1. The van der Waals surface area contributed by atoms with Crippen LogP contribution in [0.3, 0.4) is 0 Å². The first-order valence-corrected chi connectivity index (χ1v) is 5.43. The molecule has 0 atom stereocenters. The summed E-state index contributed by atoms with van der Waals surface area (Å²) in [7, 11) is 0. The summed E-state index contributed by atoms with van der Waals surface area (Å²) in [5, 5.41) is 4.72. The van der Waals surface area contributed by atoms with Crippen molar-refractivity contribution in [3.63, 3.8) is 0 Å². The molecule has 7 nitrogen and oxygen atoms in total. The molecule has 0 heterocycles. The maximum atomic E-state index is 11.1. The maximum Gasteiger partial charge on any atom is 0.413 e. The van der Waals surface area contributed by atoms with E-state index in [-0.39, 0.29) is 25.5 Å². The van der Waals surface area contributed by atoms with E-state index in [0.717, 1.165) is 0 Å². The van der Waals surface area contributed by atoms with E-state index >= 15 is 0 Å². The van der Waals surface area contributed by atoms with Crippen molar-refractivity contribution in [1.29, 1.82) is 0 Å². The molecule has 2 amide bonds. The van der Waals surface area contributed by atoms with Crippen LogP contribution in [0.4, 0.5) is 4.79 Å². The molecule has 0 saturated heterocycles. The third-order valence-electron chi connectivity index (χ3n) is 1.61. The maximum absolute atomic E-state index is 11.1. The van der Waals surface area contributed by atoms with Crippen LogP contribution >= 0.6 is 0 Å². The SMILES string of the molecule is CCOC(=O)CCNCC(=O)NC(=O)OCC. The third kappa shape index (κ3) is 9.31. The summed E-state index contributed by atoms with van der Waals surface area (Å²) in [6.07, 6.45) is -0.592. The summed E-state index contributed by atoms with van der Waals surface area (Å²) in [5.41, 5.74) is 0. The number of alkyl carbamates (subject to hydrolysis) is 1. The Balaban J connectivity index is 3.51. The van der Waals surface area contributed by atoms with E-state index in [9.17, 15) is 14.4 Å². The molecule has 0 aliphatic carbocycles. The molecule has 0 spiro atoms. The van der Waals surface area contributed by atoms with Gasteiger partial charge in [-0.15, -0.1) is 0 Å². The number of nitrogens with one attached hydrogen (secondary N) is 2. The molecule has 0 aromatic carbocycles. The molecule has 0 fully saturated rings. The Hall–Kier alpha value is -1.63. The van der Waals surface area contributed by atoms with Crippen molar-refractivity contribution >= 4 is 18.0 Å². The average molecular weight is 246 g/mol. The minimum absolute atomic E-state index is 0.0573. The molecule has 0 bridgehead atoms. The minimum Gasteiger partial charge on any atom is -0.466 e. The van der Waals surface area contributed by atoms with Crippen molar-refractivity contribution in [3.05, 3.63) is 0 Å². The van der Waals surface area contributed by atoms with Crippen LogP contribution in [0.15, 0.2) is 0 Å². The van der Waals surface area contributed by atoms with E-state index in [1.165, 1.54) is 0 Å². The van der Waals surface area contributed by atoms with Gasteiger partial charge in [0, 0.05) is 6.54 Å². The molecule has 0 aromatic rings. The predicted octanol–water partition coefficient (Wildman–Crippen LogP) is -0.198. The van der Waals surface area contributed by atoms with Gasteiger partial charge in [0.2, 0.25) is 5.91 Å². The van der Waals surface area contributed by atoms with E-state index < -0.39 is 12.0 Å². The van der Waals surface area contributed by atoms with E-state index in [1.807, 2.05) is 5.32 Å². The lowest BCUT2D eigenvalue weighted by Crippen LogP contribution is -2.38. The average Bonchev–Trinajstić information content (AvgIpc) is 2.25. The smallest absolute Gasteiger partial charge is 0.413 e. The summed E-state index contributed by atoms with van der Waals surface area (Å²) >= 11 is 0. The molecule has 0 rings (SSSR count). The van der Waals surface area contributed by atoms with Crippen LogP contribution in [-0.2, 0) is 19.1 Å². The number of hydrogen-bond donors (Lipinski definition) is 2. The van der Waals surface area contributed by atoms with Crippen LogP contribution in [0.1, 0.15) is 20.3 Å². The van der Waals surface area contributed by atoms with Gasteiger partial charge in [-0.1, -0.05) is 0 Å². The van der Waals surface area contributed by atoms with Crippen molar-refractivity contribution in [3.8, 4) is 0 Å². The predicted molar refractivity (Wildman–Crippen MR) is 59.3 cm³/mol. The molecule has 2 N–H and O–H groups in total. The van der Waals surface area contributed by atoms with Crippen LogP contribution < -0.4 is 10.6 Å². The minimum atomic E-state index is -0.773. The van der Waals surface area contributed by atoms with Gasteiger partial charge in [-0.2, -0.15) is 0 Å². The van der Waals surface area contributed by atoms with E-state index in [4.69, 9.17) is 4.74 Å². The van der Waals surface area contributed by atoms with Gasteiger partial charge in [0.05, 0.1) is 26.2 Å². The van der Waals surface area contributed by atoms with Gasteiger partial charge in [-0.3, -0.25) is 14.9 Å². The molecule has 0 saturated carbocycles. The zero-order valence-corrected chi connectivity index (χ0v) is 10.1. The van der Waals surface area contributed by atoms with E-state index in [1.54, 1.807) is 13.8 Å². The van der Waals surface area contributed by atoms with Gasteiger partial charge >= 0.3 is 12.1 Å². The number of esters is 1. The summed E-state index contributed by atoms with van der Waals surface area (Å²) < 4.78 is 9.21. The largest absolute Gasteiger partial charge is 0.466 e. The lowest BCUT2D eigenvalue weighted by molar-refractivity contribution is -0.143. The molecule has 98 valence electrons. The highest BCUT2D eigenvalue weighted by Gasteiger charge is 2.07. The Labute approximate surface area is 99.8 Å². The van der Waals surface area contributed by atoms with Crippen molar-refractivity contribution in [1.82, 2.24) is 10.6 Å². The number of amides is 2. The Morgan fingerprint density at radius 1 is 1.06 bits per heavy atom. The fourth-order valence-corrected chi connectivity index (χ4v) is 0.951. The van der Waals surface area contributed by atoms with Crippen molar-refractivity contribution in [2.45, 2.75) is 20.3 Å². The van der Waals surface area contributed by atoms with Crippen molar-refractivity contribution in [2.24, 2.45) is 0 Å². The zero-order chi connectivity index (χ0) is 13.1. The highest BCUT2D eigenvalue weighted by molar-refractivity contribution is 5.92. The summed E-state index contributed by atoms with van der Waals surface area (Å²) in [4.78, 5) is 32.8. The fourth-order valence-electron chi connectivity index (χ4n) is 0.951.